The van der Waals surface area contributed by atoms with Gasteiger partial charge in [0.05, 0.1) is 5.56 Å². The van der Waals surface area contributed by atoms with E-state index in [4.69, 9.17) is 0 Å². The molecule has 2 nitrogen and oxygen atoms in total. The monoisotopic (exact) mass is 196 g/mol. The van der Waals surface area contributed by atoms with Crippen LogP contribution in [0.1, 0.15) is 22.8 Å². The smallest absolute Gasteiger partial charge is 0.163 e. The van der Waals surface area contributed by atoms with Crippen LogP contribution >= 0.6 is 11.8 Å². The number of phenols is 1. The minimum atomic E-state index is -0.0968. The van der Waals surface area contributed by atoms with Crippen molar-refractivity contribution in [1.82, 2.24) is 0 Å². The van der Waals surface area contributed by atoms with E-state index in [-0.39, 0.29) is 11.5 Å². The number of benzene rings is 1. The minimum Gasteiger partial charge on any atom is -0.507 e. The van der Waals surface area contributed by atoms with Crippen molar-refractivity contribution in [3.63, 3.8) is 0 Å². The van der Waals surface area contributed by atoms with E-state index in [1.807, 2.05) is 12.3 Å². The Morgan fingerprint density at radius 3 is 2.77 bits per heavy atom. The lowest BCUT2D eigenvalue weighted by Gasteiger charge is -2.03. The molecular weight excluding hydrogens is 184 g/mol. The third kappa shape index (κ3) is 2.49. The summed E-state index contributed by atoms with van der Waals surface area (Å²) in [6, 6.07) is 5.15. The molecule has 1 rings (SSSR count). The molecule has 0 heterocycles. The Morgan fingerprint density at radius 2 is 2.23 bits per heavy atom. The van der Waals surface area contributed by atoms with Crippen molar-refractivity contribution >= 4 is 17.5 Å². The molecule has 0 aliphatic rings. The van der Waals surface area contributed by atoms with Gasteiger partial charge in [-0.25, -0.2) is 0 Å². The van der Waals surface area contributed by atoms with Crippen LogP contribution in [0.15, 0.2) is 18.2 Å². The van der Waals surface area contributed by atoms with Crippen molar-refractivity contribution in [3.05, 3.63) is 29.3 Å². The van der Waals surface area contributed by atoms with Gasteiger partial charge in [0.1, 0.15) is 5.75 Å². The second-order valence-corrected chi connectivity index (χ2v) is 3.71. The second kappa shape index (κ2) is 4.33. The first-order valence-electron chi connectivity index (χ1n) is 3.97. The molecule has 0 bridgehead atoms. The highest BCUT2D eigenvalue weighted by molar-refractivity contribution is 7.97. The minimum absolute atomic E-state index is 0.0670. The second-order valence-electron chi connectivity index (χ2n) is 2.84. The van der Waals surface area contributed by atoms with Crippen LogP contribution in [0.3, 0.4) is 0 Å². The molecule has 0 aromatic heterocycles. The van der Waals surface area contributed by atoms with Gasteiger partial charge in [0.15, 0.2) is 5.78 Å². The third-order valence-electron chi connectivity index (χ3n) is 1.75. The fourth-order valence-electron chi connectivity index (χ4n) is 1.12. The number of phenolic OH excluding ortho intramolecular Hbond substituents is 1. The number of aromatic hydroxyl groups is 1. The zero-order valence-electron chi connectivity index (χ0n) is 7.70. The molecule has 0 spiro atoms. The van der Waals surface area contributed by atoms with Gasteiger partial charge in [0.25, 0.3) is 0 Å². The van der Waals surface area contributed by atoms with Crippen LogP contribution in [0.2, 0.25) is 0 Å². The first-order valence-corrected chi connectivity index (χ1v) is 5.36. The Labute approximate surface area is 82.0 Å². The molecule has 0 fully saturated rings. The molecule has 13 heavy (non-hydrogen) atoms. The first kappa shape index (κ1) is 10.1. The molecule has 1 N–H and O–H groups in total. The molecule has 0 atom stereocenters. The molecular formula is C10H12O2S. The van der Waals surface area contributed by atoms with E-state index < -0.39 is 0 Å². The van der Waals surface area contributed by atoms with Crippen LogP contribution in [-0.2, 0) is 5.75 Å². The van der Waals surface area contributed by atoms with Crippen molar-refractivity contribution in [1.29, 1.82) is 0 Å². The first-order chi connectivity index (χ1) is 6.15. The lowest BCUT2D eigenvalue weighted by Crippen LogP contribution is -1.94. The summed E-state index contributed by atoms with van der Waals surface area (Å²) >= 11 is 1.69. The topological polar surface area (TPSA) is 37.3 Å². The van der Waals surface area contributed by atoms with Crippen molar-refractivity contribution in [2.45, 2.75) is 12.7 Å². The number of rotatable bonds is 3. The Balaban J connectivity index is 3.04. The fourth-order valence-corrected chi connectivity index (χ4v) is 1.63. The molecule has 0 aliphatic heterocycles. The van der Waals surface area contributed by atoms with Crippen LogP contribution in [0.25, 0.3) is 0 Å². The SMILES string of the molecule is CSCc1ccc(O)c(C(C)=O)c1. The predicted molar refractivity (Wildman–Crippen MR) is 55.3 cm³/mol. The molecule has 0 radical (unpaired) electrons. The van der Waals surface area contributed by atoms with Crippen molar-refractivity contribution in [2.75, 3.05) is 6.26 Å². The normalized spacial score (nSPS) is 10.0. The van der Waals surface area contributed by atoms with Gasteiger partial charge in [0, 0.05) is 5.75 Å². The quantitative estimate of drug-likeness (QED) is 0.754. The van der Waals surface area contributed by atoms with Gasteiger partial charge in [0.2, 0.25) is 0 Å². The van der Waals surface area contributed by atoms with Crippen LogP contribution in [0.4, 0.5) is 0 Å². The largest absolute Gasteiger partial charge is 0.507 e. The zero-order chi connectivity index (χ0) is 9.84. The summed E-state index contributed by atoms with van der Waals surface area (Å²) < 4.78 is 0. The Hall–Kier alpha value is -0.960. The summed E-state index contributed by atoms with van der Waals surface area (Å²) in [6.07, 6.45) is 2.00. The van der Waals surface area contributed by atoms with Crippen LogP contribution in [-0.4, -0.2) is 17.1 Å². The summed E-state index contributed by atoms with van der Waals surface area (Å²) in [4.78, 5) is 11.1. The van der Waals surface area contributed by atoms with Crippen LogP contribution in [0, 0.1) is 0 Å². The molecule has 70 valence electrons. The maximum Gasteiger partial charge on any atom is 0.163 e. The zero-order valence-corrected chi connectivity index (χ0v) is 8.52. The molecule has 0 aliphatic carbocycles. The Morgan fingerprint density at radius 1 is 1.54 bits per heavy atom. The van der Waals surface area contributed by atoms with Crippen molar-refractivity contribution in [2.24, 2.45) is 0 Å². The number of ketones is 1. The molecule has 0 unspecified atom stereocenters. The number of hydrogen-bond acceptors (Lipinski definition) is 3. The number of thioether (sulfide) groups is 1. The average Bonchev–Trinajstić information content (AvgIpc) is 2.08. The van der Waals surface area contributed by atoms with E-state index in [9.17, 15) is 9.90 Å². The maximum absolute atomic E-state index is 11.1. The third-order valence-corrected chi connectivity index (χ3v) is 2.37. The molecule has 0 saturated carbocycles. The highest BCUT2D eigenvalue weighted by Crippen LogP contribution is 2.20. The lowest BCUT2D eigenvalue weighted by molar-refractivity contribution is 0.101. The Kier molecular flexibility index (Phi) is 3.37. The highest BCUT2D eigenvalue weighted by Gasteiger charge is 2.06. The summed E-state index contributed by atoms with van der Waals surface area (Å²) in [7, 11) is 0. The lowest BCUT2D eigenvalue weighted by atomic mass is 10.1. The van der Waals surface area contributed by atoms with E-state index in [1.54, 1.807) is 23.9 Å². The van der Waals surface area contributed by atoms with Gasteiger partial charge in [-0.2, -0.15) is 11.8 Å². The number of carbonyl (C=O) groups is 1. The van der Waals surface area contributed by atoms with Gasteiger partial charge in [-0.1, -0.05) is 6.07 Å². The summed E-state index contributed by atoms with van der Waals surface area (Å²) in [5, 5.41) is 9.35. The molecule has 3 heteroatoms. The highest BCUT2D eigenvalue weighted by atomic mass is 32.2. The molecule has 1 aromatic rings. The van der Waals surface area contributed by atoms with Crippen molar-refractivity contribution < 1.29 is 9.90 Å². The summed E-state index contributed by atoms with van der Waals surface area (Å²) in [5.41, 5.74) is 1.47. The Bertz CT molecular complexity index is 321. The van der Waals surface area contributed by atoms with Crippen LogP contribution < -0.4 is 0 Å². The fraction of sp³-hybridized carbons (Fsp3) is 0.300. The van der Waals surface area contributed by atoms with Crippen LogP contribution in [0.5, 0.6) is 5.75 Å². The summed E-state index contributed by atoms with van der Waals surface area (Å²) in [5.74, 6) is 0.832. The standard InChI is InChI=1S/C10H12O2S/c1-7(11)9-5-8(6-13-2)3-4-10(9)12/h3-5,12H,6H2,1-2H3. The molecule has 0 amide bonds. The van der Waals surface area contributed by atoms with E-state index >= 15 is 0 Å². The number of hydrogen-bond donors (Lipinski definition) is 1. The predicted octanol–water partition coefficient (Wildman–Crippen LogP) is 2.46. The molecule has 0 saturated heterocycles. The van der Waals surface area contributed by atoms with E-state index in [1.165, 1.54) is 6.92 Å². The van der Waals surface area contributed by atoms with E-state index in [2.05, 4.69) is 0 Å². The van der Waals surface area contributed by atoms with Gasteiger partial charge in [-0.05, 0) is 30.9 Å². The van der Waals surface area contributed by atoms with Gasteiger partial charge < -0.3 is 5.11 Å². The number of carbonyl (C=O) groups excluding carboxylic acids is 1. The van der Waals surface area contributed by atoms with E-state index in [0.29, 0.717) is 5.56 Å². The maximum atomic E-state index is 11.1. The van der Waals surface area contributed by atoms with Gasteiger partial charge in [-0.15, -0.1) is 0 Å². The van der Waals surface area contributed by atoms with Gasteiger partial charge >= 0.3 is 0 Å². The number of Topliss-reactive ketones (excluding diaryl/α,β-unsaturated/α-hetero) is 1. The summed E-state index contributed by atoms with van der Waals surface area (Å²) in [6.45, 7) is 1.46. The average molecular weight is 196 g/mol. The van der Waals surface area contributed by atoms with E-state index in [0.717, 1.165) is 11.3 Å². The van der Waals surface area contributed by atoms with Gasteiger partial charge in [-0.3, -0.25) is 4.79 Å². The molecule has 1 aromatic carbocycles. The van der Waals surface area contributed by atoms with Crippen molar-refractivity contribution in [3.8, 4) is 5.75 Å².